The van der Waals surface area contributed by atoms with E-state index in [1.165, 1.54) is 16.7 Å². The molecule has 1 aromatic rings. The van der Waals surface area contributed by atoms with Crippen LogP contribution in [0.4, 0.5) is 0 Å². The highest BCUT2D eigenvalue weighted by atomic mass is 79.9. The molecule has 0 radical (unpaired) electrons. The molecule has 0 heterocycles. The molecule has 0 saturated carbocycles. The molecule has 12 heavy (non-hydrogen) atoms. The maximum absolute atomic E-state index is 3.60. The highest BCUT2D eigenvalue weighted by Crippen LogP contribution is 2.32. The molecule has 0 N–H and O–H groups in total. The zero-order valence-corrected chi connectivity index (χ0v) is 8.64. The lowest BCUT2D eigenvalue weighted by molar-refractivity contribution is 1.29. The first-order valence-corrected chi connectivity index (χ1v) is 5.13. The number of rotatable bonds is 1. The maximum atomic E-state index is 3.60. The van der Waals surface area contributed by atoms with Crippen LogP contribution in [0.3, 0.4) is 0 Å². The normalized spacial score (nSPS) is 17.0. The summed E-state index contributed by atoms with van der Waals surface area (Å²) in [5.41, 5.74) is 4.31. The summed E-state index contributed by atoms with van der Waals surface area (Å²) in [6.07, 6.45) is 3.41. The van der Waals surface area contributed by atoms with Crippen LogP contribution in [0, 0.1) is 0 Å². The van der Waals surface area contributed by atoms with E-state index in [-0.39, 0.29) is 0 Å². The highest BCUT2D eigenvalue weighted by Gasteiger charge is 2.15. The van der Waals surface area contributed by atoms with E-state index in [1.54, 1.807) is 0 Å². The van der Waals surface area contributed by atoms with Crippen molar-refractivity contribution in [1.82, 2.24) is 0 Å². The number of benzene rings is 1. The Morgan fingerprint density at radius 2 is 2.08 bits per heavy atom. The largest absolute Gasteiger partial charge is 0.0842 e. The molecule has 2 rings (SSSR count). The molecule has 0 bridgehead atoms. The van der Waals surface area contributed by atoms with E-state index >= 15 is 0 Å². The van der Waals surface area contributed by atoms with Crippen LogP contribution in [0.5, 0.6) is 0 Å². The van der Waals surface area contributed by atoms with Crippen molar-refractivity contribution in [1.29, 1.82) is 0 Å². The van der Waals surface area contributed by atoms with Crippen molar-refractivity contribution in [3.05, 3.63) is 41.5 Å². The number of halogens is 1. The monoisotopic (exact) mass is 222 g/mol. The van der Waals surface area contributed by atoms with Crippen molar-refractivity contribution < 1.29 is 0 Å². The van der Waals surface area contributed by atoms with E-state index in [2.05, 4.69) is 53.2 Å². The second-order valence-electron chi connectivity index (χ2n) is 3.14. The molecule has 0 aromatic heterocycles. The molecule has 0 nitrogen and oxygen atoms in total. The van der Waals surface area contributed by atoms with Crippen molar-refractivity contribution in [2.45, 2.75) is 18.2 Å². The van der Waals surface area contributed by atoms with Crippen LogP contribution >= 0.6 is 15.9 Å². The topological polar surface area (TPSA) is 0 Å². The van der Waals surface area contributed by atoms with Crippen molar-refractivity contribution >= 4 is 21.5 Å². The highest BCUT2D eigenvalue weighted by molar-refractivity contribution is 9.09. The smallest absolute Gasteiger partial charge is 0.0370 e. The maximum Gasteiger partial charge on any atom is 0.0370 e. The lowest BCUT2D eigenvalue weighted by atomic mass is 10.0. The second kappa shape index (κ2) is 3.06. The van der Waals surface area contributed by atoms with E-state index in [9.17, 15) is 0 Å². The molecule has 0 fully saturated rings. The Balaban J connectivity index is 2.45. The summed E-state index contributed by atoms with van der Waals surface area (Å²) in [6.45, 7) is 2.17. The first-order chi connectivity index (χ1) is 5.79. The molecule has 1 aliphatic rings. The average molecular weight is 223 g/mol. The molecule has 1 heteroatoms. The molecule has 62 valence electrons. The first-order valence-electron chi connectivity index (χ1n) is 4.21. The SMILES string of the molecule is CC(Br)C1=CCc2ccccc21. The third-order valence-corrected chi connectivity index (χ3v) is 2.79. The number of fused-ring (bicyclic) bond motifs is 1. The van der Waals surface area contributed by atoms with Gasteiger partial charge in [-0.2, -0.15) is 0 Å². The Kier molecular flexibility index (Phi) is 2.05. The predicted octanol–water partition coefficient (Wildman–Crippen LogP) is 3.41. The summed E-state index contributed by atoms with van der Waals surface area (Å²) < 4.78 is 0. The van der Waals surface area contributed by atoms with E-state index in [4.69, 9.17) is 0 Å². The molecule has 0 spiro atoms. The van der Waals surface area contributed by atoms with Gasteiger partial charge in [0.15, 0.2) is 0 Å². The molecule has 1 atom stereocenters. The number of allylic oxidation sites excluding steroid dienone is 2. The Morgan fingerprint density at radius 3 is 2.83 bits per heavy atom. The van der Waals surface area contributed by atoms with Gasteiger partial charge < -0.3 is 0 Å². The number of alkyl halides is 1. The van der Waals surface area contributed by atoms with Crippen LogP contribution in [0.2, 0.25) is 0 Å². The lowest BCUT2D eigenvalue weighted by Crippen LogP contribution is -1.93. The first kappa shape index (κ1) is 8.06. The average Bonchev–Trinajstić information content (AvgIpc) is 2.47. The van der Waals surface area contributed by atoms with Gasteiger partial charge in [0.25, 0.3) is 0 Å². The standard InChI is InChI=1S/C11H11Br/c1-8(12)10-7-6-9-4-2-3-5-11(9)10/h2-5,7-8H,6H2,1H3. The third-order valence-electron chi connectivity index (χ3n) is 2.30. The van der Waals surface area contributed by atoms with E-state index in [0.717, 1.165) is 6.42 Å². The summed E-state index contributed by atoms with van der Waals surface area (Å²) in [5, 5.41) is 0. The number of hydrogen-bond acceptors (Lipinski definition) is 0. The van der Waals surface area contributed by atoms with Gasteiger partial charge in [-0.15, -0.1) is 0 Å². The molecular weight excluding hydrogens is 212 g/mol. The lowest BCUT2D eigenvalue weighted by Gasteiger charge is -2.06. The zero-order chi connectivity index (χ0) is 8.55. The summed E-state index contributed by atoms with van der Waals surface area (Å²) in [5.74, 6) is 0. The predicted molar refractivity (Wildman–Crippen MR) is 56.5 cm³/mol. The minimum Gasteiger partial charge on any atom is -0.0842 e. The fraction of sp³-hybridized carbons (Fsp3) is 0.273. The van der Waals surface area contributed by atoms with Crippen molar-refractivity contribution in [3.63, 3.8) is 0 Å². The van der Waals surface area contributed by atoms with Gasteiger partial charge in [-0.3, -0.25) is 0 Å². The van der Waals surface area contributed by atoms with E-state index < -0.39 is 0 Å². The Bertz CT molecular complexity index is 324. The van der Waals surface area contributed by atoms with Gasteiger partial charge in [-0.05, 0) is 30.0 Å². The van der Waals surface area contributed by atoms with Crippen LogP contribution in [0.1, 0.15) is 18.1 Å². The van der Waals surface area contributed by atoms with Crippen LogP contribution in [-0.4, -0.2) is 4.83 Å². The third kappa shape index (κ3) is 1.22. The number of hydrogen-bond donors (Lipinski definition) is 0. The van der Waals surface area contributed by atoms with Gasteiger partial charge in [-0.1, -0.05) is 46.3 Å². The van der Waals surface area contributed by atoms with Crippen LogP contribution < -0.4 is 0 Å². The summed E-state index contributed by atoms with van der Waals surface area (Å²) >= 11 is 3.60. The molecule has 0 saturated heterocycles. The van der Waals surface area contributed by atoms with Crippen molar-refractivity contribution in [3.8, 4) is 0 Å². The Hall–Kier alpha value is -0.560. The van der Waals surface area contributed by atoms with E-state index in [0.29, 0.717) is 4.83 Å². The molecular formula is C11H11Br. The molecule has 1 aromatic carbocycles. The second-order valence-corrected chi connectivity index (χ2v) is 4.51. The van der Waals surface area contributed by atoms with Gasteiger partial charge in [0.05, 0.1) is 0 Å². The van der Waals surface area contributed by atoms with E-state index in [1.807, 2.05) is 0 Å². The molecule has 1 unspecified atom stereocenters. The van der Waals surface area contributed by atoms with Crippen molar-refractivity contribution in [2.24, 2.45) is 0 Å². The molecule has 0 amide bonds. The van der Waals surface area contributed by atoms with Crippen LogP contribution in [0.25, 0.3) is 5.57 Å². The summed E-state index contributed by atoms with van der Waals surface area (Å²) in [7, 11) is 0. The van der Waals surface area contributed by atoms with Gasteiger partial charge in [-0.25, -0.2) is 0 Å². The minimum absolute atomic E-state index is 0.473. The van der Waals surface area contributed by atoms with Gasteiger partial charge in [0.2, 0.25) is 0 Å². The summed E-state index contributed by atoms with van der Waals surface area (Å²) in [4.78, 5) is 0.473. The van der Waals surface area contributed by atoms with Gasteiger partial charge >= 0.3 is 0 Å². The van der Waals surface area contributed by atoms with Crippen LogP contribution in [-0.2, 0) is 6.42 Å². The van der Waals surface area contributed by atoms with Gasteiger partial charge in [0.1, 0.15) is 0 Å². The fourth-order valence-corrected chi connectivity index (χ4v) is 2.12. The Morgan fingerprint density at radius 1 is 1.33 bits per heavy atom. The van der Waals surface area contributed by atoms with Crippen molar-refractivity contribution in [2.75, 3.05) is 0 Å². The van der Waals surface area contributed by atoms with Gasteiger partial charge in [0, 0.05) is 4.83 Å². The quantitative estimate of drug-likeness (QED) is 0.640. The van der Waals surface area contributed by atoms with Crippen LogP contribution in [0.15, 0.2) is 30.3 Å². The Labute approximate surface area is 81.4 Å². The fourth-order valence-electron chi connectivity index (χ4n) is 1.69. The minimum atomic E-state index is 0.473. The zero-order valence-electron chi connectivity index (χ0n) is 7.05. The summed E-state index contributed by atoms with van der Waals surface area (Å²) in [6, 6.07) is 8.61. The molecule has 1 aliphatic carbocycles. The molecule has 0 aliphatic heterocycles.